The van der Waals surface area contributed by atoms with E-state index in [9.17, 15) is 9.59 Å². The van der Waals surface area contributed by atoms with Crippen molar-refractivity contribution >= 4 is 29.4 Å². The van der Waals surface area contributed by atoms with Crippen LogP contribution < -0.4 is 16.0 Å². The smallest absolute Gasteiger partial charge is 0.319 e. The van der Waals surface area contributed by atoms with Gasteiger partial charge in [-0.05, 0) is 43.9 Å². The second-order valence-corrected chi connectivity index (χ2v) is 5.22. The normalized spacial score (nSPS) is 11.6. The van der Waals surface area contributed by atoms with E-state index in [-0.39, 0.29) is 11.9 Å². The topological polar surface area (TPSA) is 70.2 Å². The molecule has 6 heteroatoms. The quantitative estimate of drug-likeness (QED) is 0.706. The maximum atomic E-state index is 11.7. The molecule has 0 aliphatic carbocycles. The molecule has 5 nitrogen and oxygen atoms in total. The summed E-state index contributed by atoms with van der Waals surface area (Å²) in [7, 11) is 0. The van der Waals surface area contributed by atoms with Gasteiger partial charge in [-0.1, -0.05) is 6.92 Å². The van der Waals surface area contributed by atoms with Gasteiger partial charge in [0.25, 0.3) is 0 Å². The van der Waals surface area contributed by atoms with E-state index in [0.717, 1.165) is 11.3 Å². The highest BCUT2D eigenvalue weighted by Gasteiger charge is 2.14. The first-order chi connectivity index (χ1) is 9.56. The van der Waals surface area contributed by atoms with Gasteiger partial charge in [-0.15, -0.1) is 11.8 Å². The van der Waals surface area contributed by atoms with Gasteiger partial charge >= 0.3 is 6.03 Å². The van der Waals surface area contributed by atoms with Crippen molar-refractivity contribution in [2.75, 3.05) is 18.1 Å². The van der Waals surface area contributed by atoms with Crippen molar-refractivity contribution in [3.63, 3.8) is 0 Å². The molecule has 1 aromatic carbocycles. The maximum absolute atomic E-state index is 11.7. The first-order valence-corrected chi connectivity index (χ1v) is 7.78. The Balaban J connectivity index is 2.44. The Morgan fingerprint density at radius 3 is 2.45 bits per heavy atom. The number of nitrogens with one attached hydrogen (secondary N) is 3. The molecule has 20 heavy (non-hydrogen) atoms. The number of amides is 3. The summed E-state index contributed by atoms with van der Waals surface area (Å²) in [6.07, 6.45) is 2.86. The molecule has 1 aromatic rings. The number of rotatable bonds is 6. The fourth-order valence-corrected chi connectivity index (χ4v) is 1.91. The molecule has 0 radical (unpaired) electrons. The van der Waals surface area contributed by atoms with E-state index >= 15 is 0 Å². The molecular formula is C14H21N3O2S. The van der Waals surface area contributed by atoms with Crippen LogP contribution >= 0.6 is 11.8 Å². The third-order valence-electron chi connectivity index (χ3n) is 2.64. The molecule has 0 spiro atoms. The van der Waals surface area contributed by atoms with Crippen molar-refractivity contribution in [3.8, 4) is 0 Å². The summed E-state index contributed by atoms with van der Waals surface area (Å²) in [5.41, 5.74) is 0.696. The van der Waals surface area contributed by atoms with Crippen LogP contribution in [0.5, 0.6) is 0 Å². The van der Waals surface area contributed by atoms with Gasteiger partial charge in [-0.2, -0.15) is 0 Å². The summed E-state index contributed by atoms with van der Waals surface area (Å²) < 4.78 is 0. The van der Waals surface area contributed by atoms with Crippen molar-refractivity contribution < 1.29 is 9.59 Å². The number of hydrogen-bond acceptors (Lipinski definition) is 3. The van der Waals surface area contributed by atoms with Gasteiger partial charge in [-0.3, -0.25) is 4.79 Å². The molecule has 0 saturated heterocycles. The van der Waals surface area contributed by atoms with Crippen LogP contribution in [0.4, 0.5) is 10.5 Å². The van der Waals surface area contributed by atoms with Crippen molar-refractivity contribution in [2.45, 2.75) is 31.2 Å². The van der Waals surface area contributed by atoms with Crippen molar-refractivity contribution in [1.82, 2.24) is 10.6 Å². The van der Waals surface area contributed by atoms with Crippen LogP contribution in [0.3, 0.4) is 0 Å². The van der Waals surface area contributed by atoms with Crippen LogP contribution in [0.15, 0.2) is 29.2 Å². The fourth-order valence-electron chi connectivity index (χ4n) is 1.51. The van der Waals surface area contributed by atoms with E-state index in [1.807, 2.05) is 37.4 Å². The first-order valence-electron chi connectivity index (χ1n) is 6.56. The van der Waals surface area contributed by atoms with Gasteiger partial charge < -0.3 is 16.0 Å². The highest BCUT2D eigenvalue weighted by molar-refractivity contribution is 7.98. The zero-order valence-electron chi connectivity index (χ0n) is 12.0. The molecule has 0 saturated carbocycles. The van der Waals surface area contributed by atoms with E-state index in [0.29, 0.717) is 12.2 Å². The Morgan fingerprint density at radius 1 is 1.25 bits per heavy atom. The Kier molecular flexibility index (Phi) is 6.93. The third kappa shape index (κ3) is 5.52. The van der Waals surface area contributed by atoms with Gasteiger partial charge in [0.2, 0.25) is 5.91 Å². The minimum absolute atomic E-state index is 0.181. The largest absolute Gasteiger partial charge is 0.354 e. The Hall–Kier alpha value is -1.69. The summed E-state index contributed by atoms with van der Waals surface area (Å²) in [4.78, 5) is 24.5. The lowest BCUT2D eigenvalue weighted by Crippen LogP contribution is -2.46. The zero-order chi connectivity index (χ0) is 15.0. The summed E-state index contributed by atoms with van der Waals surface area (Å²) in [5, 5.41) is 8.03. The molecule has 1 atom stereocenters. The minimum atomic E-state index is -0.563. The number of carbonyl (C=O) groups excluding carboxylic acids is 2. The summed E-state index contributed by atoms with van der Waals surface area (Å²) in [6, 6.07) is 6.56. The van der Waals surface area contributed by atoms with Crippen molar-refractivity contribution in [1.29, 1.82) is 0 Å². The number of hydrogen-bond donors (Lipinski definition) is 3. The molecule has 0 heterocycles. The number of benzene rings is 1. The second kappa shape index (κ2) is 8.47. The number of anilines is 1. The molecule has 0 aliphatic rings. The number of thioether (sulfide) groups is 1. The highest BCUT2D eigenvalue weighted by atomic mass is 32.2. The molecule has 3 amide bonds. The van der Waals surface area contributed by atoms with Crippen molar-refractivity contribution in [3.05, 3.63) is 24.3 Å². The zero-order valence-corrected chi connectivity index (χ0v) is 12.8. The number of urea groups is 1. The molecule has 0 bridgehead atoms. The Morgan fingerprint density at radius 2 is 1.90 bits per heavy atom. The molecule has 110 valence electrons. The monoisotopic (exact) mass is 295 g/mol. The van der Waals surface area contributed by atoms with Gasteiger partial charge in [-0.25, -0.2) is 4.79 Å². The van der Waals surface area contributed by atoms with E-state index in [1.54, 1.807) is 18.7 Å². The average molecular weight is 295 g/mol. The Labute approximate surface area is 123 Å². The predicted octanol–water partition coefficient (Wildman–Crippen LogP) is 2.44. The van der Waals surface area contributed by atoms with E-state index < -0.39 is 6.04 Å². The van der Waals surface area contributed by atoms with Crippen LogP contribution in [0.1, 0.15) is 20.3 Å². The SMILES string of the molecule is CCCNC(=O)[C@H](C)NC(=O)Nc1ccc(SC)cc1. The van der Waals surface area contributed by atoms with Crippen LogP contribution in [-0.4, -0.2) is 30.8 Å². The van der Waals surface area contributed by atoms with E-state index in [1.165, 1.54) is 0 Å². The molecular weight excluding hydrogens is 274 g/mol. The molecule has 0 fully saturated rings. The summed E-state index contributed by atoms with van der Waals surface area (Å²) >= 11 is 1.64. The van der Waals surface area contributed by atoms with Crippen molar-refractivity contribution in [2.24, 2.45) is 0 Å². The molecule has 0 unspecified atom stereocenters. The van der Waals surface area contributed by atoms with Crippen LogP contribution in [0.2, 0.25) is 0 Å². The lowest BCUT2D eigenvalue weighted by atomic mass is 10.3. The molecule has 1 rings (SSSR count). The summed E-state index contributed by atoms with van der Waals surface area (Å²) in [6.45, 7) is 4.24. The van der Waals surface area contributed by atoms with Crippen LogP contribution in [0.25, 0.3) is 0 Å². The number of carbonyl (C=O) groups is 2. The van der Waals surface area contributed by atoms with Crippen LogP contribution in [-0.2, 0) is 4.79 Å². The fraction of sp³-hybridized carbons (Fsp3) is 0.429. The van der Waals surface area contributed by atoms with Gasteiger partial charge in [0.05, 0.1) is 0 Å². The standard InChI is InChI=1S/C14H21N3O2S/c1-4-9-15-13(18)10(2)16-14(19)17-11-5-7-12(20-3)8-6-11/h5-8,10H,4,9H2,1-3H3,(H,15,18)(H2,16,17,19)/t10-/m0/s1. The van der Waals surface area contributed by atoms with Gasteiger partial charge in [0, 0.05) is 17.1 Å². The average Bonchev–Trinajstić information content (AvgIpc) is 2.45. The Bertz CT molecular complexity index is 448. The van der Waals surface area contributed by atoms with E-state index in [2.05, 4.69) is 16.0 Å². The first kappa shape index (κ1) is 16.4. The van der Waals surface area contributed by atoms with Gasteiger partial charge in [0.15, 0.2) is 0 Å². The third-order valence-corrected chi connectivity index (χ3v) is 3.38. The predicted molar refractivity (Wildman–Crippen MR) is 83.1 cm³/mol. The highest BCUT2D eigenvalue weighted by Crippen LogP contribution is 2.17. The van der Waals surface area contributed by atoms with Gasteiger partial charge in [0.1, 0.15) is 6.04 Å². The minimum Gasteiger partial charge on any atom is -0.354 e. The lowest BCUT2D eigenvalue weighted by Gasteiger charge is -2.14. The summed E-state index contributed by atoms with van der Waals surface area (Å²) in [5.74, 6) is -0.181. The molecule has 0 aliphatic heterocycles. The second-order valence-electron chi connectivity index (χ2n) is 4.34. The van der Waals surface area contributed by atoms with Crippen LogP contribution in [0, 0.1) is 0 Å². The maximum Gasteiger partial charge on any atom is 0.319 e. The van der Waals surface area contributed by atoms with E-state index in [4.69, 9.17) is 0 Å². The molecule has 3 N–H and O–H groups in total. The molecule has 0 aromatic heterocycles. The lowest BCUT2D eigenvalue weighted by molar-refractivity contribution is -0.122.